The van der Waals surface area contributed by atoms with Crippen molar-refractivity contribution in [3.8, 4) is 0 Å². The van der Waals surface area contributed by atoms with Crippen molar-refractivity contribution in [2.75, 3.05) is 13.1 Å². The first-order valence-corrected chi connectivity index (χ1v) is 16.7. The first-order chi connectivity index (χ1) is 20.0. The number of carbonyl (C=O) groups is 1. The van der Waals surface area contributed by atoms with Crippen LogP contribution in [-0.4, -0.2) is 47.2 Å². The van der Waals surface area contributed by atoms with Crippen molar-refractivity contribution in [1.82, 2.24) is 13.8 Å². The van der Waals surface area contributed by atoms with E-state index in [0.717, 1.165) is 55.3 Å². The van der Waals surface area contributed by atoms with Crippen LogP contribution in [0.1, 0.15) is 89.5 Å². The Morgan fingerprint density at radius 3 is 2.26 bits per heavy atom. The second-order valence-corrected chi connectivity index (χ2v) is 14.5. The lowest BCUT2D eigenvalue weighted by atomic mass is 9.87. The van der Waals surface area contributed by atoms with Gasteiger partial charge in [0.25, 0.3) is 0 Å². The Morgan fingerprint density at radius 2 is 1.64 bits per heavy atom. The number of aromatic nitrogens is 1. The Morgan fingerprint density at radius 1 is 0.976 bits per heavy atom. The molecule has 0 unspecified atom stereocenters. The van der Waals surface area contributed by atoms with E-state index in [9.17, 15) is 17.6 Å². The predicted octanol–water partition coefficient (Wildman–Crippen LogP) is 7.13. The third kappa shape index (κ3) is 8.10. The molecule has 1 saturated carbocycles. The summed E-state index contributed by atoms with van der Waals surface area (Å²) in [5.41, 5.74) is 2.91. The highest BCUT2D eigenvalue weighted by Gasteiger charge is 2.32. The molecule has 1 heterocycles. The summed E-state index contributed by atoms with van der Waals surface area (Å²) < 4.78 is 44.6. The molecule has 8 heteroatoms. The van der Waals surface area contributed by atoms with Gasteiger partial charge in [-0.3, -0.25) is 4.79 Å². The van der Waals surface area contributed by atoms with Crippen LogP contribution in [0.4, 0.5) is 4.39 Å². The second-order valence-electron chi connectivity index (χ2n) is 12.5. The molecule has 228 valence electrons. The summed E-state index contributed by atoms with van der Waals surface area (Å²) in [5, 5.41) is 0. The standard InChI is InChI=1S/C34H46FN3O3S/c1-5-6-23-37(42(40,41)32-20-16-28(17-21-32)34(2,3)4)26-33(39)38(30-11-8-7-9-12-30)25-31-13-10-22-36(31)24-27-14-18-29(35)19-15-27/h10,13-22,30H,5-9,11-12,23-26H2,1-4H3. The quantitative estimate of drug-likeness (QED) is 0.224. The van der Waals surface area contributed by atoms with Crippen LogP contribution in [0.2, 0.25) is 0 Å². The molecule has 0 atom stereocenters. The van der Waals surface area contributed by atoms with Crippen LogP contribution in [0.5, 0.6) is 0 Å². The number of halogens is 1. The van der Waals surface area contributed by atoms with Crippen LogP contribution in [0, 0.1) is 5.82 Å². The normalized spacial score (nSPS) is 14.8. The Kier molecular flexibility index (Phi) is 10.7. The molecule has 1 aromatic heterocycles. The highest BCUT2D eigenvalue weighted by molar-refractivity contribution is 7.89. The van der Waals surface area contributed by atoms with Crippen molar-refractivity contribution in [3.05, 3.63) is 89.5 Å². The highest BCUT2D eigenvalue weighted by Crippen LogP contribution is 2.27. The van der Waals surface area contributed by atoms with Crippen LogP contribution >= 0.6 is 0 Å². The summed E-state index contributed by atoms with van der Waals surface area (Å²) in [6.07, 6.45) is 8.58. The Labute approximate surface area is 251 Å². The van der Waals surface area contributed by atoms with Crippen molar-refractivity contribution in [2.24, 2.45) is 0 Å². The van der Waals surface area contributed by atoms with Crippen LogP contribution in [0.3, 0.4) is 0 Å². The van der Waals surface area contributed by atoms with Gasteiger partial charge in [0.15, 0.2) is 0 Å². The molecule has 4 rings (SSSR count). The zero-order valence-corrected chi connectivity index (χ0v) is 26.4. The minimum absolute atomic E-state index is 0.0715. The molecule has 0 aliphatic heterocycles. The molecule has 1 fully saturated rings. The third-order valence-corrected chi connectivity index (χ3v) is 10.1. The number of sulfonamides is 1. The van der Waals surface area contributed by atoms with Crippen molar-refractivity contribution in [2.45, 2.75) is 102 Å². The molecule has 1 amide bonds. The maximum atomic E-state index is 14.1. The van der Waals surface area contributed by atoms with E-state index in [1.807, 2.05) is 42.3 Å². The van der Waals surface area contributed by atoms with E-state index < -0.39 is 10.0 Å². The fourth-order valence-electron chi connectivity index (χ4n) is 5.66. The summed E-state index contributed by atoms with van der Waals surface area (Å²) >= 11 is 0. The topological polar surface area (TPSA) is 62.6 Å². The third-order valence-electron chi connectivity index (χ3n) is 8.29. The highest BCUT2D eigenvalue weighted by atomic mass is 32.2. The fourth-order valence-corrected chi connectivity index (χ4v) is 7.09. The van der Waals surface area contributed by atoms with Gasteiger partial charge < -0.3 is 9.47 Å². The van der Waals surface area contributed by atoms with Gasteiger partial charge in [0.1, 0.15) is 5.82 Å². The molecule has 42 heavy (non-hydrogen) atoms. The molecule has 0 bridgehead atoms. The number of hydrogen-bond donors (Lipinski definition) is 0. The predicted molar refractivity (Wildman–Crippen MR) is 166 cm³/mol. The minimum Gasteiger partial charge on any atom is -0.345 e. The van der Waals surface area contributed by atoms with Gasteiger partial charge in [0.05, 0.1) is 18.0 Å². The Bertz CT molecular complexity index is 1400. The van der Waals surface area contributed by atoms with E-state index in [2.05, 4.69) is 25.3 Å². The molecule has 0 saturated heterocycles. The van der Waals surface area contributed by atoms with Crippen molar-refractivity contribution >= 4 is 15.9 Å². The van der Waals surface area contributed by atoms with Crippen molar-refractivity contribution in [1.29, 1.82) is 0 Å². The maximum Gasteiger partial charge on any atom is 0.243 e. The van der Waals surface area contributed by atoms with Crippen LogP contribution in [0.25, 0.3) is 0 Å². The molecular formula is C34H46FN3O3S. The summed E-state index contributed by atoms with van der Waals surface area (Å²) in [4.78, 5) is 16.2. The molecule has 6 nitrogen and oxygen atoms in total. The molecule has 3 aromatic rings. The van der Waals surface area contributed by atoms with Crippen LogP contribution < -0.4 is 0 Å². The number of benzene rings is 2. The van der Waals surface area contributed by atoms with Crippen molar-refractivity contribution in [3.63, 3.8) is 0 Å². The summed E-state index contributed by atoms with van der Waals surface area (Å²) in [6, 6.07) is 17.6. The summed E-state index contributed by atoms with van der Waals surface area (Å²) in [7, 11) is -3.86. The smallest absolute Gasteiger partial charge is 0.243 e. The first kappa shape index (κ1) is 32.0. The van der Waals surface area contributed by atoms with Crippen molar-refractivity contribution < 1.29 is 17.6 Å². The van der Waals surface area contributed by atoms with Gasteiger partial charge in [-0.2, -0.15) is 4.31 Å². The second kappa shape index (κ2) is 14.0. The molecular weight excluding hydrogens is 549 g/mol. The molecule has 1 aliphatic carbocycles. The van der Waals surface area contributed by atoms with Crippen LogP contribution in [-0.2, 0) is 33.3 Å². The first-order valence-electron chi connectivity index (χ1n) is 15.3. The summed E-state index contributed by atoms with van der Waals surface area (Å²) in [6.45, 7) is 9.39. The zero-order valence-electron chi connectivity index (χ0n) is 25.6. The number of unbranched alkanes of at least 4 members (excludes halogenated alkanes) is 1. The number of amides is 1. The van der Waals surface area contributed by atoms with Gasteiger partial charge in [-0.05, 0) is 72.2 Å². The minimum atomic E-state index is -3.86. The lowest BCUT2D eigenvalue weighted by Gasteiger charge is -2.36. The van der Waals surface area contributed by atoms with E-state index in [-0.39, 0.29) is 34.6 Å². The molecule has 0 N–H and O–H groups in total. The van der Waals surface area contributed by atoms with Gasteiger partial charge >= 0.3 is 0 Å². The van der Waals surface area contributed by atoms with Gasteiger partial charge in [-0.1, -0.05) is 77.6 Å². The average molecular weight is 596 g/mol. The molecule has 0 spiro atoms. The number of hydrogen-bond acceptors (Lipinski definition) is 3. The van der Waals surface area contributed by atoms with Gasteiger partial charge in [-0.15, -0.1) is 0 Å². The Hall–Kier alpha value is -2.97. The lowest BCUT2D eigenvalue weighted by molar-refractivity contribution is -0.135. The van der Waals surface area contributed by atoms with Gasteiger partial charge in [0, 0.05) is 31.0 Å². The fraction of sp³-hybridized carbons (Fsp3) is 0.500. The average Bonchev–Trinajstić information content (AvgIpc) is 3.41. The molecule has 2 aromatic carbocycles. The number of rotatable bonds is 12. The van der Waals surface area contributed by atoms with Gasteiger partial charge in [-0.25, -0.2) is 12.8 Å². The van der Waals surface area contributed by atoms with Crippen LogP contribution in [0.15, 0.2) is 71.8 Å². The maximum absolute atomic E-state index is 14.1. The largest absolute Gasteiger partial charge is 0.345 e. The van der Waals surface area contributed by atoms with E-state index in [1.165, 1.54) is 16.4 Å². The van der Waals surface area contributed by atoms with E-state index in [4.69, 9.17) is 0 Å². The monoisotopic (exact) mass is 595 g/mol. The molecule has 0 radical (unpaired) electrons. The lowest BCUT2D eigenvalue weighted by Crippen LogP contribution is -2.47. The summed E-state index contributed by atoms with van der Waals surface area (Å²) in [5.74, 6) is -0.435. The number of nitrogens with zero attached hydrogens (tertiary/aromatic N) is 3. The Balaban J connectivity index is 1.58. The molecule has 1 aliphatic rings. The van der Waals surface area contributed by atoms with Gasteiger partial charge in [0.2, 0.25) is 15.9 Å². The van der Waals surface area contributed by atoms with E-state index >= 15 is 0 Å². The van der Waals surface area contributed by atoms with E-state index in [0.29, 0.717) is 26.1 Å². The SMILES string of the molecule is CCCCN(CC(=O)N(Cc1cccn1Cc1ccc(F)cc1)C1CCCCC1)S(=O)(=O)c1ccc(C(C)(C)C)cc1. The number of carbonyl (C=O) groups excluding carboxylic acids is 1. The zero-order chi connectivity index (χ0) is 30.3. The van der Waals surface area contributed by atoms with E-state index in [1.54, 1.807) is 24.3 Å².